The summed E-state index contributed by atoms with van der Waals surface area (Å²) in [7, 11) is 0. The number of fused-ring (bicyclic) bond motifs is 2. The highest BCUT2D eigenvalue weighted by Gasteiger charge is 2.35. The second-order valence-corrected chi connectivity index (χ2v) is 8.65. The van der Waals surface area contributed by atoms with Gasteiger partial charge in [-0.05, 0) is 59.9 Å². The standard InChI is InChI=1S/C27H26FN3O3/c1-2-31-23-9-8-18(13-19(23)15-30-31)21-11-16(7-10-25(32)33)12-22(29)27(21)34-24-14-17-5-3-4-6-20(17)26(24)28/h3-6,8-9,11-13,15,24,26H,2,7,10,14,29H2,1H3,(H,32,33). The number of nitrogens with two attached hydrogens (primary N) is 1. The Hall–Kier alpha value is -3.87. The van der Waals surface area contributed by atoms with E-state index >= 15 is 4.39 Å². The number of aromatic nitrogens is 2. The number of hydrogen-bond acceptors (Lipinski definition) is 4. The molecule has 1 heterocycles. The van der Waals surface area contributed by atoms with Crippen LogP contribution in [0.25, 0.3) is 22.0 Å². The predicted molar refractivity (Wildman–Crippen MR) is 130 cm³/mol. The molecule has 174 valence electrons. The van der Waals surface area contributed by atoms with Crippen molar-refractivity contribution in [1.29, 1.82) is 0 Å². The molecule has 0 saturated carbocycles. The number of benzene rings is 3. The Labute approximate surface area is 196 Å². The van der Waals surface area contributed by atoms with Gasteiger partial charge >= 0.3 is 5.97 Å². The molecule has 0 saturated heterocycles. The number of ether oxygens (including phenoxy) is 1. The van der Waals surface area contributed by atoms with Crippen LogP contribution in [0, 0.1) is 0 Å². The Bertz CT molecular complexity index is 1380. The van der Waals surface area contributed by atoms with E-state index in [-0.39, 0.29) is 6.42 Å². The number of hydrogen-bond donors (Lipinski definition) is 2. The molecule has 0 aliphatic heterocycles. The molecule has 34 heavy (non-hydrogen) atoms. The van der Waals surface area contributed by atoms with Crippen LogP contribution in [0.2, 0.25) is 0 Å². The van der Waals surface area contributed by atoms with Gasteiger partial charge in [0.15, 0.2) is 11.9 Å². The van der Waals surface area contributed by atoms with Gasteiger partial charge in [-0.2, -0.15) is 5.10 Å². The van der Waals surface area contributed by atoms with Crippen LogP contribution in [-0.2, 0) is 24.2 Å². The first kappa shape index (κ1) is 21.9. The number of alkyl halides is 1. The minimum Gasteiger partial charge on any atom is -0.484 e. The van der Waals surface area contributed by atoms with Crippen molar-refractivity contribution in [2.75, 3.05) is 5.73 Å². The normalized spacial score (nSPS) is 17.1. The fourth-order valence-corrected chi connectivity index (χ4v) is 4.72. The SMILES string of the molecule is CCn1ncc2cc(-c3cc(CCC(=O)O)cc(N)c3OC3Cc4ccccc4C3F)ccc21. The summed E-state index contributed by atoms with van der Waals surface area (Å²) < 4.78 is 23.4. The van der Waals surface area contributed by atoms with E-state index in [2.05, 4.69) is 5.10 Å². The summed E-state index contributed by atoms with van der Waals surface area (Å²) in [5.74, 6) is -0.459. The third kappa shape index (κ3) is 3.98. The summed E-state index contributed by atoms with van der Waals surface area (Å²) in [4.78, 5) is 11.1. The molecule has 1 aromatic heterocycles. The zero-order chi connectivity index (χ0) is 23.8. The van der Waals surface area contributed by atoms with Crippen LogP contribution >= 0.6 is 0 Å². The summed E-state index contributed by atoms with van der Waals surface area (Å²) in [6, 6.07) is 17.0. The quantitative estimate of drug-likeness (QED) is 0.364. The third-order valence-corrected chi connectivity index (χ3v) is 6.43. The van der Waals surface area contributed by atoms with Crippen LogP contribution < -0.4 is 10.5 Å². The second-order valence-electron chi connectivity index (χ2n) is 8.65. The fraction of sp³-hybridized carbons (Fsp3) is 0.259. The monoisotopic (exact) mass is 459 g/mol. The number of nitrogens with zero attached hydrogens (tertiary/aromatic N) is 2. The number of anilines is 1. The van der Waals surface area contributed by atoms with E-state index in [1.807, 2.05) is 60.3 Å². The van der Waals surface area contributed by atoms with Crippen molar-refractivity contribution in [2.24, 2.45) is 0 Å². The highest BCUT2D eigenvalue weighted by molar-refractivity contribution is 5.88. The van der Waals surface area contributed by atoms with Crippen molar-refractivity contribution in [3.8, 4) is 16.9 Å². The number of aryl methyl sites for hydroxylation is 2. The molecular weight excluding hydrogens is 433 g/mol. The lowest BCUT2D eigenvalue weighted by Gasteiger charge is -2.21. The van der Waals surface area contributed by atoms with E-state index in [4.69, 9.17) is 15.6 Å². The number of nitrogen functional groups attached to an aromatic ring is 1. The predicted octanol–water partition coefficient (Wildman–Crippen LogP) is 5.34. The smallest absolute Gasteiger partial charge is 0.303 e. The van der Waals surface area contributed by atoms with Crippen LogP contribution in [0.15, 0.2) is 60.8 Å². The maximum Gasteiger partial charge on any atom is 0.303 e. The largest absolute Gasteiger partial charge is 0.484 e. The fourth-order valence-electron chi connectivity index (χ4n) is 4.72. The molecule has 4 aromatic rings. The van der Waals surface area contributed by atoms with E-state index in [0.717, 1.165) is 39.7 Å². The van der Waals surface area contributed by atoms with Gasteiger partial charge in [0.2, 0.25) is 0 Å². The Morgan fingerprint density at radius 3 is 2.82 bits per heavy atom. The molecule has 1 aliphatic rings. The van der Waals surface area contributed by atoms with Crippen molar-refractivity contribution in [2.45, 2.75) is 45.0 Å². The molecule has 2 unspecified atom stereocenters. The van der Waals surface area contributed by atoms with Crippen LogP contribution in [0.4, 0.5) is 10.1 Å². The van der Waals surface area contributed by atoms with Gasteiger partial charge in [0.1, 0.15) is 6.10 Å². The number of carboxylic acids is 1. The van der Waals surface area contributed by atoms with E-state index in [9.17, 15) is 4.79 Å². The maximum absolute atomic E-state index is 15.2. The molecule has 0 fully saturated rings. The summed E-state index contributed by atoms with van der Waals surface area (Å²) >= 11 is 0. The minimum absolute atomic E-state index is 0.00806. The van der Waals surface area contributed by atoms with Crippen molar-refractivity contribution >= 4 is 22.6 Å². The van der Waals surface area contributed by atoms with Crippen molar-refractivity contribution in [1.82, 2.24) is 9.78 Å². The second kappa shape index (κ2) is 8.82. The summed E-state index contributed by atoms with van der Waals surface area (Å²) in [6.45, 7) is 2.79. The van der Waals surface area contributed by atoms with Gasteiger partial charge in [0.05, 0.1) is 17.4 Å². The Morgan fingerprint density at radius 2 is 2.06 bits per heavy atom. The zero-order valence-electron chi connectivity index (χ0n) is 18.9. The number of halogens is 1. The molecule has 7 heteroatoms. The summed E-state index contributed by atoms with van der Waals surface area (Å²) in [5.41, 5.74) is 11.8. The van der Waals surface area contributed by atoms with Gasteiger partial charge in [-0.1, -0.05) is 30.3 Å². The average Bonchev–Trinajstić information content (AvgIpc) is 3.39. The number of aliphatic carboxylic acids is 1. The minimum atomic E-state index is -1.25. The molecule has 0 spiro atoms. The van der Waals surface area contributed by atoms with Gasteiger partial charge in [0.25, 0.3) is 0 Å². The maximum atomic E-state index is 15.2. The van der Waals surface area contributed by atoms with Gasteiger partial charge in [-0.25, -0.2) is 4.39 Å². The molecule has 0 bridgehead atoms. The topological polar surface area (TPSA) is 90.4 Å². The van der Waals surface area contributed by atoms with Gasteiger partial charge < -0.3 is 15.6 Å². The lowest BCUT2D eigenvalue weighted by atomic mass is 9.97. The van der Waals surface area contributed by atoms with Crippen molar-refractivity contribution in [3.05, 3.63) is 77.5 Å². The van der Waals surface area contributed by atoms with Crippen LogP contribution in [0.3, 0.4) is 0 Å². The molecule has 6 nitrogen and oxygen atoms in total. The van der Waals surface area contributed by atoms with Gasteiger partial charge in [-0.15, -0.1) is 0 Å². The van der Waals surface area contributed by atoms with Crippen LogP contribution in [-0.4, -0.2) is 27.0 Å². The summed E-state index contributed by atoms with van der Waals surface area (Å²) in [6.07, 6.45) is 0.663. The van der Waals surface area contributed by atoms with Crippen molar-refractivity contribution < 1.29 is 19.0 Å². The van der Waals surface area contributed by atoms with E-state index in [1.165, 1.54) is 0 Å². The lowest BCUT2D eigenvalue weighted by molar-refractivity contribution is -0.136. The number of carbonyl (C=O) groups is 1. The highest BCUT2D eigenvalue weighted by atomic mass is 19.1. The Balaban J connectivity index is 1.56. The zero-order valence-corrected chi connectivity index (χ0v) is 18.9. The molecule has 3 N–H and O–H groups in total. The Kier molecular flexibility index (Phi) is 5.69. The molecule has 5 rings (SSSR count). The van der Waals surface area contributed by atoms with E-state index in [0.29, 0.717) is 29.8 Å². The highest BCUT2D eigenvalue weighted by Crippen LogP contribution is 2.43. The van der Waals surface area contributed by atoms with Crippen LogP contribution in [0.1, 0.15) is 36.2 Å². The van der Waals surface area contributed by atoms with Gasteiger partial charge in [-0.3, -0.25) is 9.48 Å². The van der Waals surface area contributed by atoms with E-state index in [1.54, 1.807) is 12.1 Å². The van der Waals surface area contributed by atoms with Gasteiger partial charge in [0, 0.05) is 30.3 Å². The Morgan fingerprint density at radius 1 is 1.24 bits per heavy atom. The third-order valence-electron chi connectivity index (χ3n) is 6.43. The first-order chi connectivity index (χ1) is 16.4. The van der Waals surface area contributed by atoms with Crippen LogP contribution in [0.5, 0.6) is 5.75 Å². The number of rotatable bonds is 7. The van der Waals surface area contributed by atoms with Crippen molar-refractivity contribution in [3.63, 3.8) is 0 Å². The van der Waals surface area contributed by atoms with E-state index < -0.39 is 18.2 Å². The molecule has 3 aromatic carbocycles. The molecular formula is C27H26FN3O3. The first-order valence-electron chi connectivity index (χ1n) is 11.4. The summed E-state index contributed by atoms with van der Waals surface area (Å²) in [5, 5.41) is 14.5. The molecule has 0 radical (unpaired) electrons. The lowest BCUT2D eigenvalue weighted by Crippen LogP contribution is -2.20. The molecule has 0 amide bonds. The average molecular weight is 460 g/mol. The number of carboxylic acid groups (broad SMARTS) is 1. The first-order valence-corrected chi connectivity index (χ1v) is 11.4. The molecule has 2 atom stereocenters. The molecule has 1 aliphatic carbocycles.